The minimum Gasteiger partial charge on any atom is -0.396 e. The number of aryl methyl sites for hydroxylation is 2. The van der Waals surface area contributed by atoms with Gasteiger partial charge in [-0.3, -0.25) is 0 Å². The van der Waals surface area contributed by atoms with Crippen molar-refractivity contribution in [3.8, 4) is 0 Å². The van der Waals surface area contributed by atoms with E-state index in [1.54, 1.807) is 0 Å². The molecule has 2 unspecified atom stereocenters. The van der Waals surface area contributed by atoms with E-state index < -0.39 is 0 Å². The monoisotopic (exact) mass is 262 g/mol. The number of rotatable bonds is 5. The van der Waals surface area contributed by atoms with Crippen LogP contribution in [0.4, 0.5) is 0 Å². The summed E-state index contributed by atoms with van der Waals surface area (Å²) in [5.74, 6) is 0.256. The first kappa shape index (κ1) is 14.0. The maximum absolute atomic E-state index is 9.05. The molecule has 0 bridgehead atoms. The first-order chi connectivity index (χ1) is 9.02. The molecule has 0 aromatic carbocycles. The molecule has 19 heavy (non-hydrogen) atoms. The lowest BCUT2D eigenvalue weighted by Gasteiger charge is -2.18. The van der Waals surface area contributed by atoms with Crippen LogP contribution in [0.25, 0.3) is 5.65 Å². The van der Waals surface area contributed by atoms with E-state index in [1.165, 1.54) is 0 Å². The first-order valence-electron chi connectivity index (χ1n) is 6.69. The normalized spacial score (nSPS) is 14.8. The highest BCUT2D eigenvalue weighted by Crippen LogP contribution is 2.18. The fraction of sp³-hybridized carbons (Fsp3) is 0.571. The molecule has 2 aromatic rings. The molecule has 104 valence electrons. The number of fused-ring (bicyclic) bond motifs is 1. The van der Waals surface area contributed by atoms with Gasteiger partial charge in [-0.25, -0.2) is 9.50 Å². The fourth-order valence-electron chi connectivity index (χ4n) is 2.15. The predicted molar refractivity (Wildman–Crippen MR) is 75.1 cm³/mol. The average molecular weight is 262 g/mol. The molecule has 5 nitrogen and oxygen atoms in total. The molecule has 2 N–H and O–H groups in total. The predicted octanol–water partition coefficient (Wildman–Crippen LogP) is 1.63. The van der Waals surface area contributed by atoms with Gasteiger partial charge in [0.15, 0.2) is 5.65 Å². The lowest BCUT2D eigenvalue weighted by atomic mass is 10.1. The highest BCUT2D eigenvalue weighted by atomic mass is 16.3. The standard InChI is InChI=1S/C14H22N4O/c1-9(8-19)6-15-11(3)13-7-16-14-5-10(2)17-18(14)12(13)4/h5,7,9,11,15,19H,6,8H2,1-4H3. The number of nitrogens with one attached hydrogen (secondary N) is 1. The number of nitrogens with zero attached hydrogens (tertiary/aromatic N) is 3. The van der Waals surface area contributed by atoms with Gasteiger partial charge < -0.3 is 10.4 Å². The van der Waals surface area contributed by atoms with Gasteiger partial charge in [0.2, 0.25) is 0 Å². The van der Waals surface area contributed by atoms with Gasteiger partial charge in [0, 0.05) is 42.7 Å². The third kappa shape index (κ3) is 2.93. The van der Waals surface area contributed by atoms with E-state index >= 15 is 0 Å². The molecule has 0 aliphatic rings. The maximum Gasteiger partial charge on any atom is 0.155 e. The average Bonchev–Trinajstić information content (AvgIpc) is 2.77. The van der Waals surface area contributed by atoms with Gasteiger partial charge in [0.05, 0.1) is 5.69 Å². The Morgan fingerprint density at radius 1 is 1.37 bits per heavy atom. The number of aliphatic hydroxyl groups excluding tert-OH is 1. The Morgan fingerprint density at radius 3 is 2.79 bits per heavy atom. The largest absolute Gasteiger partial charge is 0.396 e. The Morgan fingerprint density at radius 2 is 2.11 bits per heavy atom. The smallest absolute Gasteiger partial charge is 0.155 e. The molecular weight excluding hydrogens is 240 g/mol. The molecule has 2 rings (SSSR count). The second kappa shape index (κ2) is 5.67. The van der Waals surface area contributed by atoms with Crippen molar-refractivity contribution in [3.05, 3.63) is 29.2 Å². The highest BCUT2D eigenvalue weighted by molar-refractivity contribution is 5.42. The molecule has 0 aliphatic carbocycles. The van der Waals surface area contributed by atoms with Crippen molar-refractivity contribution in [2.45, 2.75) is 33.7 Å². The molecule has 5 heteroatoms. The molecule has 0 fully saturated rings. The van der Waals surface area contributed by atoms with Crippen molar-refractivity contribution in [1.82, 2.24) is 19.9 Å². The maximum atomic E-state index is 9.05. The van der Waals surface area contributed by atoms with E-state index in [1.807, 2.05) is 30.6 Å². The summed E-state index contributed by atoms with van der Waals surface area (Å²) in [6.07, 6.45) is 1.91. The van der Waals surface area contributed by atoms with Crippen LogP contribution in [-0.4, -0.2) is 32.9 Å². The zero-order valence-electron chi connectivity index (χ0n) is 12.0. The summed E-state index contributed by atoms with van der Waals surface area (Å²) in [7, 11) is 0. The summed E-state index contributed by atoms with van der Waals surface area (Å²) in [6, 6.07) is 2.17. The van der Waals surface area contributed by atoms with Gasteiger partial charge in [-0.15, -0.1) is 0 Å². The summed E-state index contributed by atoms with van der Waals surface area (Å²) in [6.45, 7) is 9.14. The van der Waals surface area contributed by atoms with Crippen molar-refractivity contribution in [2.24, 2.45) is 5.92 Å². The van der Waals surface area contributed by atoms with Crippen LogP contribution >= 0.6 is 0 Å². The summed E-state index contributed by atoms with van der Waals surface area (Å²) >= 11 is 0. The molecule has 0 aliphatic heterocycles. The Bertz CT molecular complexity index is 564. The number of hydrogen-bond donors (Lipinski definition) is 2. The van der Waals surface area contributed by atoms with Crippen LogP contribution in [0.15, 0.2) is 12.3 Å². The molecule has 2 atom stereocenters. The molecule has 0 radical (unpaired) electrons. The van der Waals surface area contributed by atoms with Crippen LogP contribution in [0.5, 0.6) is 0 Å². The van der Waals surface area contributed by atoms with Gasteiger partial charge in [-0.2, -0.15) is 5.10 Å². The number of aliphatic hydroxyl groups is 1. The zero-order valence-corrected chi connectivity index (χ0v) is 12.0. The molecule has 2 heterocycles. The Hall–Kier alpha value is -1.46. The quantitative estimate of drug-likeness (QED) is 0.859. The van der Waals surface area contributed by atoms with E-state index in [4.69, 9.17) is 5.11 Å². The molecule has 0 saturated carbocycles. The Labute approximate surface area is 113 Å². The van der Waals surface area contributed by atoms with Crippen molar-refractivity contribution < 1.29 is 5.11 Å². The number of hydrogen-bond acceptors (Lipinski definition) is 4. The SMILES string of the molecule is Cc1cc2ncc(C(C)NCC(C)CO)c(C)n2n1. The van der Waals surface area contributed by atoms with Crippen molar-refractivity contribution >= 4 is 5.65 Å². The van der Waals surface area contributed by atoms with E-state index in [-0.39, 0.29) is 18.6 Å². The number of aromatic nitrogens is 3. The fourth-order valence-corrected chi connectivity index (χ4v) is 2.15. The Kier molecular flexibility index (Phi) is 4.17. The van der Waals surface area contributed by atoms with Crippen LogP contribution in [0.3, 0.4) is 0 Å². The van der Waals surface area contributed by atoms with Crippen LogP contribution in [-0.2, 0) is 0 Å². The lowest BCUT2D eigenvalue weighted by Crippen LogP contribution is -2.27. The summed E-state index contributed by atoms with van der Waals surface area (Å²) in [5, 5.41) is 16.9. The van der Waals surface area contributed by atoms with Gasteiger partial charge in [0.25, 0.3) is 0 Å². The highest BCUT2D eigenvalue weighted by Gasteiger charge is 2.13. The van der Waals surface area contributed by atoms with E-state index in [0.29, 0.717) is 0 Å². The second-order valence-electron chi connectivity index (χ2n) is 5.27. The molecule has 0 spiro atoms. The van der Waals surface area contributed by atoms with Crippen LogP contribution < -0.4 is 5.32 Å². The lowest BCUT2D eigenvalue weighted by molar-refractivity contribution is 0.231. The van der Waals surface area contributed by atoms with E-state index in [2.05, 4.69) is 29.2 Å². The Balaban J connectivity index is 2.22. The van der Waals surface area contributed by atoms with Gasteiger partial charge in [0.1, 0.15) is 0 Å². The van der Waals surface area contributed by atoms with E-state index in [0.717, 1.165) is 29.1 Å². The summed E-state index contributed by atoms with van der Waals surface area (Å²) in [4.78, 5) is 4.44. The zero-order chi connectivity index (χ0) is 14.0. The van der Waals surface area contributed by atoms with Gasteiger partial charge in [-0.1, -0.05) is 6.92 Å². The minimum atomic E-state index is 0.190. The minimum absolute atomic E-state index is 0.190. The first-order valence-corrected chi connectivity index (χ1v) is 6.69. The third-order valence-corrected chi connectivity index (χ3v) is 3.43. The summed E-state index contributed by atoms with van der Waals surface area (Å²) < 4.78 is 1.89. The molecule has 2 aromatic heterocycles. The van der Waals surface area contributed by atoms with E-state index in [9.17, 15) is 0 Å². The van der Waals surface area contributed by atoms with Crippen LogP contribution in [0.2, 0.25) is 0 Å². The summed E-state index contributed by atoms with van der Waals surface area (Å²) in [5.41, 5.74) is 4.10. The molecular formula is C14H22N4O. The molecule has 0 amide bonds. The third-order valence-electron chi connectivity index (χ3n) is 3.43. The van der Waals surface area contributed by atoms with Gasteiger partial charge >= 0.3 is 0 Å². The van der Waals surface area contributed by atoms with Crippen molar-refractivity contribution in [2.75, 3.05) is 13.2 Å². The molecule has 0 saturated heterocycles. The van der Waals surface area contributed by atoms with Crippen molar-refractivity contribution in [1.29, 1.82) is 0 Å². The van der Waals surface area contributed by atoms with Crippen molar-refractivity contribution in [3.63, 3.8) is 0 Å². The van der Waals surface area contributed by atoms with Gasteiger partial charge in [-0.05, 0) is 26.7 Å². The topological polar surface area (TPSA) is 62.5 Å². The van der Waals surface area contributed by atoms with Crippen LogP contribution in [0, 0.1) is 19.8 Å². The van der Waals surface area contributed by atoms with Crippen LogP contribution in [0.1, 0.15) is 36.8 Å². The second-order valence-corrected chi connectivity index (χ2v) is 5.27.